The van der Waals surface area contributed by atoms with Crippen molar-refractivity contribution < 1.29 is 4.79 Å². The van der Waals surface area contributed by atoms with Crippen LogP contribution in [-0.4, -0.2) is 16.4 Å². The fourth-order valence-electron chi connectivity index (χ4n) is 2.44. The van der Waals surface area contributed by atoms with E-state index in [1.54, 1.807) is 12.1 Å². The molecule has 1 aliphatic rings. The van der Waals surface area contributed by atoms with Crippen LogP contribution in [0.4, 0.5) is 0 Å². The molecule has 2 rings (SSSR count). The van der Waals surface area contributed by atoms with Crippen molar-refractivity contribution in [1.82, 2.24) is 10.3 Å². The SMILES string of the molecule is N#CC1(NC(=O)c2cccnc2Cl)CCCCCC1. The van der Waals surface area contributed by atoms with E-state index < -0.39 is 5.54 Å². The van der Waals surface area contributed by atoms with Crippen LogP contribution >= 0.6 is 11.6 Å². The minimum atomic E-state index is -0.757. The van der Waals surface area contributed by atoms with Gasteiger partial charge < -0.3 is 5.32 Å². The van der Waals surface area contributed by atoms with Gasteiger partial charge >= 0.3 is 0 Å². The van der Waals surface area contributed by atoms with E-state index in [0.29, 0.717) is 18.4 Å². The van der Waals surface area contributed by atoms with Crippen LogP contribution in [0.1, 0.15) is 48.9 Å². The summed E-state index contributed by atoms with van der Waals surface area (Å²) in [6, 6.07) is 5.56. The number of halogens is 1. The van der Waals surface area contributed by atoms with Gasteiger partial charge in [-0.25, -0.2) is 4.98 Å². The average Bonchev–Trinajstić information content (AvgIpc) is 2.65. The third-order valence-electron chi connectivity index (χ3n) is 3.53. The number of hydrogen-bond acceptors (Lipinski definition) is 3. The summed E-state index contributed by atoms with van der Waals surface area (Å²) < 4.78 is 0. The van der Waals surface area contributed by atoms with Crippen molar-refractivity contribution in [3.8, 4) is 6.07 Å². The minimum Gasteiger partial charge on any atom is -0.334 e. The highest BCUT2D eigenvalue weighted by Gasteiger charge is 2.33. The summed E-state index contributed by atoms with van der Waals surface area (Å²) in [7, 11) is 0. The number of pyridine rings is 1. The summed E-state index contributed by atoms with van der Waals surface area (Å²) in [6.07, 6.45) is 7.11. The summed E-state index contributed by atoms with van der Waals surface area (Å²) in [4.78, 5) is 16.1. The summed E-state index contributed by atoms with van der Waals surface area (Å²) in [5, 5.41) is 12.4. The predicted molar refractivity (Wildman–Crippen MR) is 72.8 cm³/mol. The molecule has 1 aromatic rings. The molecule has 0 radical (unpaired) electrons. The maximum absolute atomic E-state index is 12.2. The largest absolute Gasteiger partial charge is 0.334 e. The van der Waals surface area contributed by atoms with Crippen LogP contribution in [0.3, 0.4) is 0 Å². The molecule has 19 heavy (non-hydrogen) atoms. The lowest BCUT2D eigenvalue weighted by molar-refractivity contribution is 0.0912. The monoisotopic (exact) mass is 277 g/mol. The molecule has 0 aromatic carbocycles. The normalized spacial score (nSPS) is 18.1. The standard InChI is InChI=1S/C14H16ClN3O/c15-12-11(6-5-9-17-12)13(19)18-14(10-16)7-3-1-2-4-8-14/h5-6,9H,1-4,7-8H2,(H,18,19). The van der Waals surface area contributed by atoms with E-state index in [0.717, 1.165) is 25.7 Å². The maximum atomic E-state index is 12.2. The van der Waals surface area contributed by atoms with Gasteiger partial charge in [0.25, 0.3) is 5.91 Å². The number of carbonyl (C=O) groups is 1. The van der Waals surface area contributed by atoms with E-state index >= 15 is 0 Å². The Morgan fingerprint density at radius 2 is 2.05 bits per heavy atom. The number of aromatic nitrogens is 1. The first kappa shape index (κ1) is 13.8. The highest BCUT2D eigenvalue weighted by molar-refractivity contribution is 6.32. The maximum Gasteiger partial charge on any atom is 0.255 e. The van der Waals surface area contributed by atoms with E-state index in [4.69, 9.17) is 11.6 Å². The molecular weight excluding hydrogens is 262 g/mol. The number of amides is 1. The van der Waals surface area contributed by atoms with Crippen LogP contribution < -0.4 is 5.32 Å². The van der Waals surface area contributed by atoms with E-state index in [1.807, 2.05) is 0 Å². The van der Waals surface area contributed by atoms with E-state index in [9.17, 15) is 10.1 Å². The first-order valence-corrected chi connectivity index (χ1v) is 6.89. The molecule has 1 amide bonds. The zero-order chi connectivity index (χ0) is 13.7. The topological polar surface area (TPSA) is 65.8 Å². The van der Waals surface area contributed by atoms with Crippen LogP contribution in [0, 0.1) is 11.3 Å². The minimum absolute atomic E-state index is 0.168. The highest BCUT2D eigenvalue weighted by atomic mass is 35.5. The number of hydrogen-bond donors (Lipinski definition) is 1. The van der Waals surface area contributed by atoms with Gasteiger partial charge in [0.05, 0.1) is 11.6 Å². The molecule has 0 saturated heterocycles. The molecule has 1 fully saturated rings. The Morgan fingerprint density at radius 3 is 2.63 bits per heavy atom. The molecule has 1 heterocycles. The van der Waals surface area contributed by atoms with Crippen LogP contribution in [0.5, 0.6) is 0 Å². The van der Waals surface area contributed by atoms with E-state index in [2.05, 4.69) is 16.4 Å². The van der Waals surface area contributed by atoms with Gasteiger partial charge in [0.2, 0.25) is 0 Å². The molecule has 0 aliphatic heterocycles. The fraction of sp³-hybridized carbons (Fsp3) is 0.500. The Balaban J connectivity index is 2.17. The van der Waals surface area contributed by atoms with Gasteiger partial charge in [-0.1, -0.05) is 37.3 Å². The number of nitrogens with one attached hydrogen (secondary N) is 1. The third kappa shape index (κ3) is 3.24. The highest BCUT2D eigenvalue weighted by Crippen LogP contribution is 2.27. The van der Waals surface area contributed by atoms with Gasteiger partial charge in [-0.05, 0) is 25.0 Å². The number of nitrogens with zero attached hydrogens (tertiary/aromatic N) is 2. The Labute approximate surface area is 117 Å². The Hall–Kier alpha value is -1.60. The zero-order valence-electron chi connectivity index (χ0n) is 10.7. The van der Waals surface area contributed by atoms with Crippen LogP contribution in [0.25, 0.3) is 0 Å². The van der Waals surface area contributed by atoms with Gasteiger partial charge in [-0.15, -0.1) is 0 Å². The first-order chi connectivity index (χ1) is 9.17. The van der Waals surface area contributed by atoms with Crippen molar-refractivity contribution in [3.05, 3.63) is 29.0 Å². The molecule has 1 saturated carbocycles. The van der Waals surface area contributed by atoms with Gasteiger partial charge in [0, 0.05) is 6.20 Å². The van der Waals surface area contributed by atoms with E-state index in [-0.39, 0.29) is 11.1 Å². The Morgan fingerprint density at radius 1 is 1.37 bits per heavy atom. The van der Waals surface area contributed by atoms with Crippen molar-refractivity contribution in [2.75, 3.05) is 0 Å². The van der Waals surface area contributed by atoms with Crippen molar-refractivity contribution in [1.29, 1.82) is 5.26 Å². The second-order valence-electron chi connectivity index (χ2n) is 4.90. The number of nitriles is 1. The Kier molecular flexibility index (Phi) is 4.39. The zero-order valence-corrected chi connectivity index (χ0v) is 11.4. The van der Waals surface area contributed by atoms with Crippen molar-refractivity contribution in [2.45, 2.75) is 44.1 Å². The first-order valence-electron chi connectivity index (χ1n) is 6.51. The Bertz CT molecular complexity index is 502. The lowest BCUT2D eigenvalue weighted by Gasteiger charge is -2.26. The molecule has 0 unspecified atom stereocenters. The second-order valence-corrected chi connectivity index (χ2v) is 5.26. The lowest BCUT2D eigenvalue weighted by Crippen LogP contribution is -2.47. The van der Waals surface area contributed by atoms with Crippen LogP contribution in [0.15, 0.2) is 18.3 Å². The molecular formula is C14H16ClN3O. The van der Waals surface area contributed by atoms with Gasteiger partial charge in [0.1, 0.15) is 10.7 Å². The fourth-order valence-corrected chi connectivity index (χ4v) is 2.64. The molecule has 4 nitrogen and oxygen atoms in total. The molecule has 100 valence electrons. The molecule has 0 atom stereocenters. The summed E-state index contributed by atoms with van der Waals surface area (Å²) in [5.74, 6) is -0.318. The van der Waals surface area contributed by atoms with Gasteiger partial charge in [0.15, 0.2) is 0 Å². The molecule has 5 heteroatoms. The summed E-state index contributed by atoms with van der Waals surface area (Å²) in [6.45, 7) is 0. The molecule has 1 aliphatic carbocycles. The van der Waals surface area contributed by atoms with Crippen LogP contribution in [0.2, 0.25) is 5.15 Å². The van der Waals surface area contributed by atoms with Crippen LogP contribution in [-0.2, 0) is 0 Å². The molecule has 1 N–H and O–H groups in total. The molecule has 1 aromatic heterocycles. The smallest absolute Gasteiger partial charge is 0.255 e. The predicted octanol–water partition coefficient (Wildman–Crippen LogP) is 3.08. The van der Waals surface area contributed by atoms with E-state index in [1.165, 1.54) is 6.20 Å². The third-order valence-corrected chi connectivity index (χ3v) is 3.83. The van der Waals surface area contributed by atoms with Gasteiger partial charge in [-0.3, -0.25) is 4.79 Å². The molecule has 0 spiro atoms. The molecule has 0 bridgehead atoms. The lowest BCUT2D eigenvalue weighted by atomic mass is 9.91. The second kappa shape index (κ2) is 6.03. The van der Waals surface area contributed by atoms with Crippen molar-refractivity contribution >= 4 is 17.5 Å². The quantitative estimate of drug-likeness (QED) is 0.667. The average molecular weight is 278 g/mol. The van der Waals surface area contributed by atoms with Gasteiger partial charge in [-0.2, -0.15) is 5.26 Å². The number of rotatable bonds is 2. The van der Waals surface area contributed by atoms with Crippen molar-refractivity contribution in [3.63, 3.8) is 0 Å². The summed E-state index contributed by atoms with van der Waals surface area (Å²) in [5.41, 5.74) is -0.435. The number of carbonyl (C=O) groups excluding carboxylic acids is 1. The summed E-state index contributed by atoms with van der Waals surface area (Å²) >= 11 is 5.90. The van der Waals surface area contributed by atoms with Crippen molar-refractivity contribution in [2.24, 2.45) is 0 Å².